The Morgan fingerprint density at radius 3 is 2.56 bits per heavy atom. The number of ether oxygens (including phenoxy) is 3. The topological polar surface area (TPSA) is 98.7 Å². The summed E-state index contributed by atoms with van der Waals surface area (Å²) in [6, 6.07) is 8.72. The van der Waals surface area contributed by atoms with Crippen LogP contribution in [0.2, 0.25) is 5.02 Å². The Balaban J connectivity index is 1.55. The normalized spacial score (nSPS) is 16.8. The predicted octanol–water partition coefficient (Wildman–Crippen LogP) is 5.11. The number of aromatic nitrogens is 3. The molecule has 1 amide bonds. The van der Waals surface area contributed by atoms with E-state index in [-0.39, 0.29) is 25.8 Å². The van der Waals surface area contributed by atoms with Crippen LogP contribution >= 0.6 is 11.6 Å². The fraction of sp³-hybridized carbons (Fsp3) is 0.429. The smallest absolute Gasteiger partial charge is 0.410 e. The number of amides is 1. The third-order valence-corrected chi connectivity index (χ3v) is 6.82. The maximum absolute atomic E-state index is 13.0. The fourth-order valence-electron chi connectivity index (χ4n) is 4.46. The number of likely N-dealkylation sites (tertiary alicyclic amines) is 1. The number of pyridine rings is 1. The summed E-state index contributed by atoms with van der Waals surface area (Å²) in [6.07, 6.45) is 3.62. The Hall–Kier alpha value is -3.50. The molecule has 1 aliphatic heterocycles. The van der Waals surface area contributed by atoms with Gasteiger partial charge in [-0.15, -0.1) is 0 Å². The lowest BCUT2D eigenvalue weighted by atomic mass is 10.1. The molecule has 208 valence electrons. The summed E-state index contributed by atoms with van der Waals surface area (Å²) in [7, 11) is 1.59. The molecule has 3 aromatic rings. The molecule has 0 radical (unpaired) electrons. The minimum atomic E-state index is -0.618. The second-order valence-electron chi connectivity index (χ2n) is 9.03. The van der Waals surface area contributed by atoms with Crippen LogP contribution in [0.25, 0.3) is 11.3 Å². The second kappa shape index (κ2) is 13.5. The monoisotopic (exact) mass is 557 g/mol. The van der Waals surface area contributed by atoms with Gasteiger partial charge < -0.3 is 24.4 Å². The van der Waals surface area contributed by atoms with E-state index in [2.05, 4.69) is 10.3 Å². The Morgan fingerprint density at radius 1 is 1.13 bits per heavy atom. The first-order valence-corrected chi connectivity index (χ1v) is 13.3. The molecule has 1 fully saturated rings. The zero-order valence-electron chi connectivity index (χ0n) is 22.3. The molecular weight excluding hydrogens is 525 g/mol. The quantitative estimate of drug-likeness (QED) is 0.347. The van der Waals surface area contributed by atoms with Crippen LogP contribution in [0.3, 0.4) is 0 Å². The van der Waals surface area contributed by atoms with Crippen molar-refractivity contribution >= 4 is 23.5 Å². The molecule has 2 unspecified atom stereocenters. The number of benzene rings is 1. The van der Waals surface area contributed by atoms with Crippen LogP contribution in [0.5, 0.6) is 5.75 Å². The maximum atomic E-state index is 13.0. The number of halogens is 2. The van der Waals surface area contributed by atoms with Gasteiger partial charge in [0.25, 0.3) is 0 Å². The summed E-state index contributed by atoms with van der Waals surface area (Å²) in [5.74, 6) is 1.27. The van der Waals surface area contributed by atoms with Crippen LogP contribution in [0.4, 0.5) is 15.0 Å². The number of aryl methyl sites for hydroxylation is 2. The van der Waals surface area contributed by atoms with Crippen molar-refractivity contribution in [1.82, 2.24) is 19.9 Å². The molecule has 4 rings (SSSR count). The van der Waals surface area contributed by atoms with Crippen molar-refractivity contribution < 1.29 is 23.4 Å². The Labute approximate surface area is 232 Å². The predicted molar refractivity (Wildman–Crippen MR) is 147 cm³/mol. The molecule has 1 aliphatic rings. The van der Waals surface area contributed by atoms with E-state index in [1.165, 1.54) is 0 Å². The number of hydrogen-bond donors (Lipinski definition) is 1. The summed E-state index contributed by atoms with van der Waals surface area (Å²) >= 11 is 6.56. The number of nitrogens with one attached hydrogen (secondary N) is 1. The Bertz CT molecular complexity index is 1270. The van der Waals surface area contributed by atoms with Gasteiger partial charge in [0.05, 0.1) is 54.5 Å². The second-order valence-corrected chi connectivity index (χ2v) is 9.44. The number of alkyl halides is 1. The molecule has 1 aromatic carbocycles. The highest BCUT2D eigenvalue weighted by atomic mass is 35.5. The fourth-order valence-corrected chi connectivity index (χ4v) is 4.72. The van der Waals surface area contributed by atoms with Crippen LogP contribution in [-0.2, 0) is 28.9 Å². The Morgan fingerprint density at radius 2 is 1.90 bits per heavy atom. The average Bonchev–Trinajstić information content (AvgIpc) is 3.37. The summed E-state index contributed by atoms with van der Waals surface area (Å²) < 4.78 is 29.5. The third-order valence-electron chi connectivity index (χ3n) is 6.51. The van der Waals surface area contributed by atoms with E-state index in [9.17, 15) is 9.18 Å². The number of rotatable bonds is 11. The van der Waals surface area contributed by atoms with Crippen LogP contribution in [-0.4, -0.2) is 71.6 Å². The van der Waals surface area contributed by atoms with E-state index in [1.807, 2.05) is 26.0 Å². The van der Waals surface area contributed by atoms with Crippen molar-refractivity contribution in [2.75, 3.05) is 38.8 Å². The molecular formula is C28H33ClFN5O4. The van der Waals surface area contributed by atoms with E-state index in [4.69, 9.17) is 35.8 Å². The highest BCUT2D eigenvalue weighted by Gasteiger charge is 2.37. The van der Waals surface area contributed by atoms with Crippen molar-refractivity contribution in [2.45, 2.75) is 45.4 Å². The molecule has 39 heavy (non-hydrogen) atoms. The number of carbonyl (C=O) groups is 1. The summed E-state index contributed by atoms with van der Waals surface area (Å²) in [6.45, 7) is 4.02. The van der Waals surface area contributed by atoms with Gasteiger partial charge in [0, 0.05) is 24.5 Å². The highest BCUT2D eigenvalue weighted by Crippen LogP contribution is 2.33. The molecule has 3 heterocycles. The summed E-state index contributed by atoms with van der Waals surface area (Å²) in [4.78, 5) is 28.2. The van der Waals surface area contributed by atoms with Gasteiger partial charge in [0.1, 0.15) is 24.8 Å². The van der Waals surface area contributed by atoms with Crippen molar-refractivity contribution in [2.24, 2.45) is 0 Å². The largest absolute Gasteiger partial charge is 0.497 e. The van der Waals surface area contributed by atoms with Gasteiger partial charge in [-0.2, -0.15) is 0 Å². The van der Waals surface area contributed by atoms with Gasteiger partial charge in [0.15, 0.2) is 0 Å². The van der Waals surface area contributed by atoms with Gasteiger partial charge in [0.2, 0.25) is 0 Å². The van der Waals surface area contributed by atoms with E-state index < -0.39 is 18.9 Å². The lowest BCUT2D eigenvalue weighted by molar-refractivity contribution is 0.0424. The molecule has 0 spiro atoms. The first kappa shape index (κ1) is 28.5. The average molecular weight is 558 g/mol. The highest BCUT2D eigenvalue weighted by molar-refractivity contribution is 6.33. The van der Waals surface area contributed by atoms with E-state index >= 15 is 0 Å². The van der Waals surface area contributed by atoms with Gasteiger partial charge in [-0.05, 0) is 48.7 Å². The SMILES string of the molecule is CCc1nc(-c2ccc(OC)cc2Cl)c(CC)nc1NC1CN(C(=O)OCc2ccncc2)CC1OCCF. The van der Waals surface area contributed by atoms with Gasteiger partial charge in [-0.1, -0.05) is 25.4 Å². The third kappa shape index (κ3) is 6.93. The molecule has 0 saturated carbocycles. The lowest BCUT2D eigenvalue weighted by Crippen LogP contribution is -2.36. The number of methoxy groups -OCH3 is 1. The molecule has 2 atom stereocenters. The van der Waals surface area contributed by atoms with E-state index in [0.717, 1.165) is 22.5 Å². The van der Waals surface area contributed by atoms with Crippen LogP contribution in [0.15, 0.2) is 42.7 Å². The van der Waals surface area contributed by atoms with E-state index in [1.54, 1.807) is 42.6 Å². The van der Waals surface area contributed by atoms with Gasteiger partial charge in [-0.3, -0.25) is 4.98 Å². The first-order chi connectivity index (χ1) is 19.0. The summed E-state index contributed by atoms with van der Waals surface area (Å²) in [5, 5.41) is 3.96. The van der Waals surface area contributed by atoms with Gasteiger partial charge in [-0.25, -0.2) is 19.2 Å². The zero-order valence-corrected chi connectivity index (χ0v) is 23.1. The molecule has 1 saturated heterocycles. The molecule has 0 aliphatic carbocycles. The molecule has 2 aromatic heterocycles. The number of anilines is 1. The number of carbonyl (C=O) groups excluding carboxylic acids is 1. The number of hydrogen-bond acceptors (Lipinski definition) is 8. The standard InChI is InChI=1S/C28H33ClFN5O4/c1-4-22-26(20-7-6-19(37-3)14-21(20)29)32-23(5-2)27(33-22)34-24-15-35(16-25(24)38-13-10-30)28(36)39-17-18-8-11-31-12-9-18/h6-9,11-12,14,24-25H,4-5,10,13,15-17H2,1-3H3,(H,33,34). The first-order valence-electron chi connectivity index (χ1n) is 13.0. The molecule has 0 bridgehead atoms. The number of nitrogens with zero attached hydrogens (tertiary/aromatic N) is 4. The Kier molecular flexibility index (Phi) is 9.89. The van der Waals surface area contributed by atoms with Crippen molar-refractivity contribution in [3.8, 4) is 17.0 Å². The van der Waals surface area contributed by atoms with Crippen molar-refractivity contribution in [3.05, 3.63) is 64.7 Å². The minimum absolute atomic E-state index is 0.0653. The van der Waals surface area contributed by atoms with Gasteiger partial charge >= 0.3 is 6.09 Å². The van der Waals surface area contributed by atoms with Crippen molar-refractivity contribution in [3.63, 3.8) is 0 Å². The van der Waals surface area contributed by atoms with Crippen molar-refractivity contribution in [1.29, 1.82) is 0 Å². The lowest BCUT2D eigenvalue weighted by Gasteiger charge is -2.22. The maximum Gasteiger partial charge on any atom is 0.410 e. The molecule has 1 N–H and O–H groups in total. The zero-order chi connectivity index (χ0) is 27.8. The van der Waals surface area contributed by atoms with Crippen LogP contribution in [0, 0.1) is 0 Å². The minimum Gasteiger partial charge on any atom is -0.497 e. The van der Waals surface area contributed by atoms with Crippen LogP contribution < -0.4 is 10.1 Å². The van der Waals surface area contributed by atoms with E-state index in [0.29, 0.717) is 41.7 Å². The molecule has 11 heteroatoms. The summed E-state index contributed by atoms with van der Waals surface area (Å²) in [5.41, 5.74) is 3.85. The van der Waals surface area contributed by atoms with Crippen LogP contribution in [0.1, 0.15) is 30.8 Å². The molecule has 9 nitrogen and oxygen atoms in total.